The lowest BCUT2D eigenvalue weighted by atomic mass is 9.93. The Labute approximate surface area is 165 Å². The van der Waals surface area contributed by atoms with E-state index in [2.05, 4.69) is 10.1 Å². The van der Waals surface area contributed by atoms with E-state index in [0.29, 0.717) is 31.3 Å². The van der Waals surface area contributed by atoms with Gasteiger partial charge in [0.2, 0.25) is 11.8 Å². The van der Waals surface area contributed by atoms with Gasteiger partial charge in [0.05, 0.1) is 6.42 Å². The Morgan fingerprint density at radius 1 is 1.21 bits per heavy atom. The van der Waals surface area contributed by atoms with Crippen molar-refractivity contribution in [1.82, 2.24) is 19.9 Å². The van der Waals surface area contributed by atoms with Crippen molar-refractivity contribution in [1.29, 1.82) is 0 Å². The fourth-order valence-electron chi connectivity index (χ4n) is 3.41. The van der Waals surface area contributed by atoms with Crippen LogP contribution in [-0.2, 0) is 16.0 Å². The fraction of sp³-hybridized carbons (Fsp3) is 0.524. The van der Waals surface area contributed by atoms with Crippen molar-refractivity contribution >= 4 is 11.8 Å². The normalized spacial score (nSPS) is 17.7. The summed E-state index contributed by atoms with van der Waals surface area (Å²) in [5.41, 5.74) is 1.49. The molecule has 1 fully saturated rings. The molecule has 0 radical (unpaired) electrons. The number of nitrogens with zero attached hydrogens (tertiary/aromatic N) is 4. The third kappa shape index (κ3) is 4.24. The summed E-state index contributed by atoms with van der Waals surface area (Å²) >= 11 is 0. The molecule has 2 heterocycles. The van der Waals surface area contributed by atoms with Crippen LogP contribution in [0, 0.1) is 12.3 Å². The van der Waals surface area contributed by atoms with Gasteiger partial charge in [0.1, 0.15) is 0 Å². The Bertz CT molecular complexity index is 869. The van der Waals surface area contributed by atoms with Crippen molar-refractivity contribution < 1.29 is 14.1 Å². The highest BCUT2D eigenvalue weighted by atomic mass is 16.5. The van der Waals surface area contributed by atoms with Gasteiger partial charge in [-0.3, -0.25) is 9.59 Å². The molecule has 28 heavy (non-hydrogen) atoms. The van der Waals surface area contributed by atoms with E-state index in [0.717, 1.165) is 11.1 Å². The molecular formula is C21H28N4O3. The van der Waals surface area contributed by atoms with Crippen molar-refractivity contribution in [2.24, 2.45) is 5.41 Å². The number of piperazine rings is 1. The van der Waals surface area contributed by atoms with E-state index < -0.39 is 5.41 Å². The molecule has 1 aliphatic heterocycles. The smallest absolute Gasteiger partial charge is 0.258 e. The number of hydrogen-bond acceptors (Lipinski definition) is 5. The van der Waals surface area contributed by atoms with Crippen LogP contribution in [-0.4, -0.2) is 57.4 Å². The summed E-state index contributed by atoms with van der Waals surface area (Å²) in [6.45, 7) is 11.3. The molecule has 0 aliphatic carbocycles. The highest BCUT2D eigenvalue weighted by molar-refractivity contribution is 5.83. The zero-order valence-corrected chi connectivity index (χ0v) is 17.2. The minimum atomic E-state index is -0.420. The molecule has 1 unspecified atom stereocenters. The monoisotopic (exact) mass is 384 g/mol. The third-order valence-corrected chi connectivity index (χ3v) is 5.04. The van der Waals surface area contributed by atoms with Gasteiger partial charge >= 0.3 is 0 Å². The summed E-state index contributed by atoms with van der Waals surface area (Å²) in [6.07, 6.45) is 0.0926. The van der Waals surface area contributed by atoms with Crippen molar-refractivity contribution in [3.63, 3.8) is 0 Å². The molecule has 2 aromatic rings. The Hall–Kier alpha value is -2.70. The average Bonchev–Trinajstić information content (AvgIpc) is 3.08. The van der Waals surface area contributed by atoms with Crippen LogP contribution < -0.4 is 0 Å². The highest BCUT2D eigenvalue weighted by Gasteiger charge is 2.35. The second kappa shape index (κ2) is 7.73. The van der Waals surface area contributed by atoms with Crippen LogP contribution in [0.2, 0.25) is 0 Å². The van der Waals surface area contributed by atoms with Gasteiger partial charge in [0, 0.05) is 36.7 Å². The molecule has 1 aliphatic rings. The van der Waals surface area contributed by atoms with Crippen LogP contribution in [0.3, 0.4) is 0 Å². The number of aromatic nitrogens is 2. The highest BCUT2D eigenvalue weighted by Crippen LogP contribution is 2.23. The van der Waals surface area contributed by atoms with E-state index in [1.807, 2.05) is 63.8 Å². The number of benzene rings is 1. The van der Waals surface area contributed by atoms with Gasteiger partial charge < -0.3 is 14.3 Å². The average molecular weight is 384 g/mol. The van der Waals surface area contributed by atoms with Gasteiger partial charge in [-0.25, -0.2) is 0 Å². The third-order valence-electron chi connectivity index (χ3n) is 5.04. The number of carbonyl (C=O) groups is 2. The molecule has 150 valence electrons. The van der Waals surface area contributed by atoms with Crippen LogP contribution in [0.15, 0.2) is 28.8 Å². The van der Waals surface area contributed by atoms with Crippen LogP contribution >= 0.6 is 0 Å². The summed E-state index contributed by atoms with van der Waals surface area (Å²) in [5, 5.41) is 3.96. The lowest BCUT2D eigenvalue weighted by Gasteiger charge is -2.42. The number of hydrogen-bond donors (Lipinski definition) is 0. The molecule has 2 amide bonds. The quantitative estimate of drug-likeness (QED) is 0.813. The Balaban J connectivity index is 1.62. The van der Waals surface area contributed by atoms with Crippen molar-refractivity contribution in [2.75, 3.05) is 19.6 Å². The first-order chi connectivity index (χ1) is 13.2. The molecule has 3 rings (SSSR count). The maximum Gasteiger partial charge on any atom is 0.258 e. The molecular weight excluding hydrogens is 356 g/mol. The van der Waals surface area contributed by atoms with Crippen molar-refractivity contribution in [2.45, 2.75) is 47.1 Å². The van der Waals surface area contributed by atoms with E-state index in [1.54, 1.807) is 4.90 Å². The molecule has 1 aromatic carbocycles. The lowest BCUT2D eigenvalue weighted by molar-refractivity contribution is -0.148. The van der Waals surface area contributed by atoms with Gasteiger partial charge in [-0.1, -0.05) is 44.1 Å². The summed E-state index contributed by atoms with van der Waals surface area (Å²) in [4.78, 5) is 33.3. The number of rotatable bonds is 3. The standard InChI is InChI=1S/C21H28N4O3/c1-14-8-6-7-9-16(14)19-22-17(23-28-19)12-18(26)24-10-11-25(15(2)13-24)20(27)21(3,4)5/h6-9,15H,10-13H2,1-5H3. The molecule has 0 N–H and O–H groups in total. The SMILES string of the molecule is Cc1ccccc1-c1nc(CC(=O)N2CCN(C(=O)C(C)(C)C)C(C)C2)no1. The first-order valence-electron chi connectivity index (χ1n) is 9.64. The number of amides is 2. The second-order valence-corrected chi connectivity index (χ2v) is 8.44. The molecule has 1 saturated heterocycles. The predicted octanol–water partition coefficient (Wildman–Crippen LogP) is 2.69. The fourth-order valence-corrected chi connectivity index (χ4v) is 3.41. The molecule has 0 spiro atoms. The molecule has 7 nitrogen and oxygen atoms in total. The predicted molar refractivity (Wildman–Crippen MR) is 105 cm³/mol. The molecule has 0 bridgehead atoms. The van der Waals surface area contributed by atoms with Gasteiger partial charge in [0.25, 0.3) is 5.89 Å². The first kappa shape index (κ1) is 20.0. The van der Waals surface area contributed by atoms with Crippen LogP contribution in [0.25, 0.3) is 11.5 Å². The van der Waals surface area contributed by atoms with Crippen LogP contribution in [0.5, 0.6) is 0 Å². The van der Waals surface area contributed by atoms with Crippen LogP contribution in [0.1, 0.15) is 39.1 Å². The maximum atomic E-state index is 12.7. The van der Waals surface area contributed by atoms with Crippen molar-refractivity contribution in [3.05, 3.63) is 35.7 Å². The topological polar surface area (TPSA) is 79.5 Å². The molecule has 0 saturated carbocycles. The van der Waals surface area contributed by atoms with E-state index in [9.17, 15) is 9.59 Å². The van der Waals surface area contributed by atoms with Gasteiger partial charge in [-0.2, -0.15) is 4.98 Å². The molecule has 1 atom stereocenters. The molecule has 1 aromatic heterocycles. The van der Waals surface area contributed by atoms with Gasteiger partial charge in [-0.05, 0) is 25.5 Å². The summed E-state index contributed by atoms with van der Waals surface area (Å²) in [7, 11) is 0. The summed E-state index contributed by atoms with van der Waals surface area (Å²) in [6, 6.07) is 7.74. The van der Waals surface area contributed by atoms with E-state index in [-0.39, 0.29) is 24.3 Å². The van der Waals surface area contributed by atoms with Crippen molar-refractivity contribution in [3.8, 4) is 11.5 Å². The maximum absolute atomic E-state index is 12.7. The zero-order valence-electron chi connectivity index (χ0n) is 17.2. The van der Waals surface area contributed by atoms with E-state index in [4.69, 9.17) is 4.52 Å². The largest absolute Gasteiger partial charge is 0.338 e. The zero-order chi connectivity index (χ0) is 20.5. The Morgan fingerprint density at radius 2 is 1.93 bits per heavy atom. The summed E-state index contributed by atoms with van der Waals surface area (Å²) < 4.78 is 5.34. The molecule has 7 heteroatoms. The number of aryl methyl sites for hydroxylation is 1. The van der Waals surface area contributed by atoms with E-state index >= 15 is 0 Å². The minimum absolute atomic E-state index is 0.0165. The Morgan fingerprint density at radius 3 is 2.57 bits per heavy atom. The Kier molecular flexibility index (Phi) is 5.54. The lowest BCUT2D eigenvalue weighted by Crippen LogP contribution is -2.57. The van der Waals surface area contributed by atoms with Crippen LogP contribution in [0.4, 0.5) is 0 Å². The second-order valence-electron chi connectivity index (χ2n) is 8.44. The van der Waals surface area contributed by atoms with Gasteiger partial charge in [-0.15, -0.1) is 0 Å². The number of carbonyl (C=O) groups excluding carboxylic acids is 2. The van der Waals surface area contributed by atoms with E-state index in [1.165, 1.54) is 0 Å². The minimum Gasteiger partial charge on any atom is -0.338 e. The van der Waals surface area contributed by atoms with Gasteiger partial charge in [0.15, 0.2) is 5.82 Å². The summed E-state index contributed by atoms with van der Waals surface area (Å²) in [5.74, 6) is 0.874. The first-order valence-corrected chi connectivity index (χ1v) is 9.64.